The Labute approximate surface area is 102 Å². The van der Waals surface area contributed by atoms with Gasteiger partial charge in [-0.05, 0) is 33.1 Å². The molecular formula is C13H21N3O. The summed E-state index contributed by atoms with van der Waals surface area (Å²) in [5, 5.41) is 7.63. The second-order valence-corrected chi connectivity index (χ2v) is 5.40. The molecule has 1 aliphatic heterocycles. The lowest BCUT2D eigenvalue weighted by molar-refractivity contribution is 0.317. The van der Waals surface area contributed by atoms with Crippen molar-refractivity contribution in [3.8, 4) is 0 Å². The largest absolute Gasteiger partial charge is 0.361 e. The molecule has 1 N–H and O–H groups in total. The Morgan fingerprint density at radius 3 is 2.82 bits per heavy atom. The van der Waals surface area contributed by atoms with Crippen LogP contribution in [-0.4, -0.2) is 35.2 Å². The molecule has 17 heavy (non-hydrogen) atoms. The van der Waals surface area contributed by atoms with Gasteiger partial charge in [0.1, 0.15) is 5.76 Å². The number of hydrogen-bond acceptors (Lipinski definition) is 4. The number of likely N-dealkylation sites (tertiary alicyclic amines) is 1. The lowest BCUT2D eigenvalue weighted by Gasteiger charge is -2.15. The molecule has 3 rings (SSSR count). The quantitative estimate of drug-likeness (QED) is 0.861. The van der Waals surface area contributed by atoms with Crippen molar-refractivity contribution < 1.29 is 4.52 Å². The van der Waals surface area contributed by atoms with E-state index in [0.29, 0.717) is 6.04 Å². The second kappa shape index (κ2) is 4.42. The third-order valence-electron chi connectivity index (χ3n) is 4.03. The Bertz CT molecular complexity index is 378. The van der Waals surface area contributed by atoms with E-state index < -0.39 is 0 Å². The molecule has 4 heteroatoms. The van der Waals surface area contributed by atoms with Gasteiger partial charge >= 0.3 is 0 Å². The highest BCUT2D eigenvalue weighted by Gasteiger charge is 2.34. The molecule has 1 unspecified atom stereocenters. The first kappa shape index (κ1) is 11.2. The fourth-order valence-corrected chi connectivity index (χ4v) is 2.73. The Balaban J connectivity index is 1.51. The van der Waals surface area contributed by atoms with Crippen LogP contribution in [-0.2, 0) is 6.54 Å². The van der Waals surface area contributed by atoms with Crippen LogP contribution in [0.3, 0.4) is 0 Å². The van der Waals surface area contributed by atoms with E-state index in [1.54, 1.807) is 0 Å². The van der Waals surface area contributed by atoms with Crippen molar-refractivity contribution in [2.45, 2.75) is 51.7 Å². The van der Waals surface area contributed by atoms with Gasteiger partial charge in [0.15, 0.2) is 0 Å². The van der Waals surface area contributed by atoms with Crippen LogP contribution in [0, 0.1) is 13.8 Å². The van der Waals surface area contributed by atoms with Crippen LogP contribution in [0.2, 0.25) is 0 Å². The Kier molecular flexibility index (Phi) is 2.92. The zero-order chi connectivity index (χ0) is 11.8. The highest BCUT2D eigenvalue weighted by molar-refractivity contribution is 5.20. The number of hydrogen-bond donors (Lipinski definition) is 1. The summed E-state index contributed by atoms with van der Waals surface area (Å²) in [7, 11) is 0. The van der Waals surface area contributed by atoms with Gasteiger partial charge in [-0.2, -0.15) is 0 Å². The van der Waals surface area contributed by atoms with E-state index in [-0.39, 0.29) is 0 Å². The second-order valence-electron chi connectivity index (χ2n) is 5.40. The summed E-state index contributed by atoms with van der Waals surface area (Å²) in [4.78, 5) is 2.63. The highest BCUT2D eigenvalue weighted by Crippen LogP contribution is 2.29. The number of nitrogens with one attached hydrogen (secondary N) is 1. The lowest BCUT2D eigenvalue weighted by Crippen LogP contribution is -2.33. The summed E-state index contributed by atoms with van der Waals surface area (Å²) < 4.78 is 5.18. The Morgan fingerprint density at radius 1 is 1.35 bits per heavy atom. The number of nitrogens with zero attached hydrogens (tertiary/aromatic N) is 2. The van der Waals surface area contributed by atoms with Gasteiger partial charge in [0, 0.05) is 37.3 Å². The summed E-state index contributed by atoms with van der Waals surface area (Å²) in [6.45, 7) is 7.38. The molecule has 0 amide bonds. The van der Waals surface area contributed by atoms with E-state index in [1.807, 2.05) is 13.8 Å². The standard InChI is InChI=1S/C13H21N3O/c1-9-13(10(2)17-15-9)7-14-11-5-6-16(8-11)12-3-4-12/h11-12,14H,3-8H2,1-2H3. The van der Waals surface area contributed by atoms with Gasteiger partial charge < -0.3 is 9.84 Å². The minimum Gasteiger partial charge on any atom is -0.361 e. The maximum absolute atomic E-state index is 5.18. The fourth-order valence-electron chi connectivity index (χ4n) is 2.73. The molecule has 1 aliphatic carbocycles. The molecule has 1 aromatic rings. The molecule has 1 saturated heterocycles. The molecular weight excluding hydrogens is 214 g/mol. The molecule has 0 aromatic carbocycles. The summed E-state index contributed by atoms with van der Waals surface area (Å²) in [6, 6.07) is 1.55. The molecule has 1 saturated carbocycles. The predicted octanol–water partition coefficient (Wildman–Crippen LogP) is 1.62. The van der Waals surface area contributed by atoms with Gasteiger partial charge in [0.25, 0.3) is 0 Å². The zero-order valence-electron chi connectivity index (χ0n) is 10.7. The van der Waals surface area contributed by atoms with Gasteiger partial charge in [0.05, 0.1) is 5.69 Å². The third-order valence-corrected chi connectivity index (χ3v) is 4.03. The number of rotatable bonds is 4. The molecule has 1 aromatic heterocycles. The van der Waals surface area contributed by atoms with Gasteiger partial charge in [-0.15, -0.1) is 0 Å². The van der Waals surface area contributed by atoms with E-state index in [4.69, 9.17) is 4.52 Å². The topological polar surface area (TPSA) is 41.3 Å². The zero-order valence-corrected chi connectivity index (χ0v) is 10.7. The maximum Gasteiger partial charge on any atom is 0.138 e. The van der Waals surface area contributed by atoms with Crippen LogP contribution in [0.15, 0.2) is 4.52 Å². The van der Waals surface area contributed by atoms with Crippen molar-refractivity contribution in [3.05, 3.63) is 17.0 Å². The van der Waals surface area contributed by atoms with Crippen molar-refractivity contribution in [1.82, 2.24) is 15.4 Å². The van der Waals surface area contributed by atoms with Crippen LogP contribution >= 0.6 is 0 Å². The molecule has 0 bridgehead atoms. The highest BCUT2D eigenvalue weighted by atomic mass is 16.5. The van der Waals surface area contributed by atoms with E-state index in [1.165, 1.54) is 37.9 Å². The molecule has 4 nitrogen and oxygen atoms in total. The Hall–Kier alpha value is -0.870. The van der Waals surface area contributed by atoms with Crippen molar-refractivity contribution in [3.63, 3.8) is 0 Å². The Morgan fingerprint density at radius 2 is 2.18 bits per heavy atom. The van der Waals surface area contributed by atoms with E-state index in [2.05, 4.69) is 15.4 Å². The number of aromatic nitrogens is 1. The van der Waals surface area contributed by atoms with Crippen molar-refractivity contribution in [1.29, 1.82) is 0 Å². The number of aryl methyl sites for hydroxylation is 2. The normalized spacial score (nSPS) is 25.6. The van der Waals surface area contributed by atoms with Gasteiger partial charge in [0.2, 0.25) is 0 Å². The van der Waals surface area contributed by atoms with E-state index in [9.17, 15) is 0 Å². The first-order chi connectivity index (χ1) is 8.24. The SMILES string of the molecule is Cc1noc(C)c1CNC1CCN(C2CC2)C1. The minimum atomic E-state index is 0.643. The van der Waals surface area contributed by atoms with Crippen LogP contribution < -0.4 is 5.32 Å². The first-order valence-electron chi connectivity index (χ1n) is 6.63. The third kappa shape index (κ3) is 2.38. The van der Waals surface area contributed by atoms with Crippen LogP contribution in [0.1, 0.15) is 36.3 Å². The summed E-state index contributed by atoms with van der Waals surface area (Å²) in [5.74, 6) is 0.951. The molecule has 2 heterocycles. The van der Waals surface area contributed by atoms with E-state index in [0.717, 1.165) is 24.0 Å². The molecule has 0 radical (unpaired) electrons. The van der Waals surface area contributed by atoms with E-state index >= 15 is 0 Å². The fraction of sp³-hybridized carbons (Fsp3) is 0.769. The van der Waals surface area contributed by atoms with Gasteiger partial charge in [-0.25, -0.2) is 0 Å². The molecule has 2 fully saturated rings. The summed E-state index contributed by atoms with van der Waals surface area (Å²) >= 11 is 0. The van der Waals surface area contributed by atoms with Gasteiger partial charge in [-0.3, -0.25) is 4.90 Å². The average molecular weight is 235 g/mol. The molecule has 94 valence electrons. The smallest absolute Gasteiger partial charge is 0.138 e. The summed E-state index contributed by atoms with van der Waals surface area (Å²) in [6.07, 6.45) is 4.10. The minimum absolute atomic E-state index is 0.643. The van der Waals surface area contributed by atoms with Gasteiger partial charge in [-0.1, -0.05) is 5.16 Å². The van der Waals surface area contributed by atoms with Crippen LogP contribution in [0.5, 0.6) is 0 Å². The monoisotopic (exact) mass is 235 g/mol. The van der Waals surface area contributed by atoms with Crippen molar-refractivity contribution >= 4 is 0 Å². The molecule has 0 spiro atoms. The molecule has 2 aliphatic rings. The van der Waals surface area contributed by atoms with Crippen molar-refractivity contribution in [2.75, 3.05) is 13.1 Å². The summed E-state index contributed by atoms with van der Waals surface area (Å²) in [5.41, 5.74) is 2.25. The van der Waals surface area contributed by atoms with Crippen LogP contribution in [0.4, 0.5) is 0 Å². The maximum atomic E-state index is 5.18. The molecule has 1 atom stereocenters. The van der Waals surface area contributed by atoms with Crippen LogP contribution in [0.25, 0.3) is 0 Å². The van der Waals surface area contributed by atoms with Crippen molar-refractivity contribution in [2.24, 2.45) is 0 Å². The predicted molar refractivity (Wildman–Crippen MR) is 65.8 cm³/mol. The first-order valence-corrected chi connectivity index (χ1v) is 6.63. The lowest BCUT2D eigenvalue weighted by atomic mass is 10.2. The average Bonchev–Trinajstić information content (AvgIpc) is 2.98.